The number of pyridine rings is 2. The number of halogens is 1. The molecule has 1 saturated heterocycles. The third kappa shape index (κ3) is 4.39. The van der Waals surface area contributed by atoms with Crippen molar-refractivity contribution in [3.8, 4) is 11.4 Å². The van der Waals surface area contributed by atoms with Crippen molar-refractivity contribution in [2.75, 3.05) is 6.54 Å². The second-order valence-corrected chi connectivity index (χ2v) is 8.34. The molecule has 0 N–H and O–H groups in total. The zero-order valence-corrected chi connectivity index (χ0v) is 18.4. The first-order chi connectivity index (χ1) is 16.1. The lowest BCUT2D eigenvalue weighted by Gasteiger charge is -2.25. The Kier molecular flexibility index (Phi) is 5.69. The molecule has 4 aromatic rings. The van der Waals surface area contributed by atoms with Crippen molar-refractivity contribution in [1.29, 1.82) is 0 Å². The van der Waals surface area contributed by atoms with Gasteiger partial charge in [0.2, 0.25) is 0 Å². The maximum absolute atomic E-state index is 13.5. The van der Waals surface area contributed by atoms with Crippen molar-refractivity contribution in [2.24, 2.45) is 7.05 Å². The first kappa shape index (κ1) is 21.0. The molecule has 0 aliphatic carbocycles. The normalized spacial score (nSPS) is 15.7. The molecule has 0 radical (unpaired) electrons. The first-order valence-corrected chi connectivity index (χ1v) is 11.0. The highest BCUT2D eigenvalue weighted by atomic mass is 19.1. The number of hydrogen-bond acceptors (Lipinski definition) is 4. The van der Waals surface area contributed by atoms with E-state index in [0.29, 0.717) is 18.5 Å². The number of nitrogens with zero attached hydrogens (tertiary/aromatic N) is 5. The predicted octanol–water partition coefficient (Wildman–Crippen LogP) is 4.58. The summed E-state index contributed by atoms with van der Waals surface area (Å²) in [7, 11) is 1.94. The van der Waals surface area contributed by atoms with Crippen LogP contribution >= 0.6 is 0 Å². The molecule has 7 heteroatoms. The quantitative estimate of drug-likeness (QED) is 0.455. The molecule has 1 aliphatic rings. The van der Waals surface area contributed by atoms with Crippen molar-refractivity contribution in [1.82, 2.24) is 24.4 Å². The van der Waals surface area contributed by atoms with Crippen LogP contribution < -0.4 is 0 Å². The average molecular weight is 442 g/mol. The minimum Gasteiger partial charge on any atom is -0.332 e. The number of carbonyl (C=O) groups excluding carboxylic acids is 1. The second kappa shape index (κ2) is 8.94. The summed E-state index contributed by atoms with van der Waals surface area (Å²) in [5, 5.41) is 0. The van der Waals surface area contributed by atoms with Crippen LogP contribution in [-0.4, -0.2) is 36.9 Å². The van der Waals surface area contributed by atoms with Gasteiger partial charge in [-0.25, -0.2) is 14.4 Å². The van der Waals surface area contributed by atoms with E-state index < -0.39 is 0 Å². The summed E-state index contributed by atoms with van der Waals surface area (Å²) in [6.07, 6.45) is 7.45. The van der Waals surface area contributed by atoms with Gasteiger partial charge in [-0.15, -0.1) is 0 Å². The molecule has 3 aromatic heterocycles. The molecule has 4 heterocycles. The van der Waals surface area contributed by atoms with E-state index in [4.69, 9.17) is 4.98 Å². The van der Waals surface area contributed by atoms with Gasteiger partial charge in [-0.3, -0.25) is 9.78 Å². The fourth-order valence-corrected chi connectivity index (χ4v) is 4.43. The largest absolute Gasteiger partial charge is 0.332 e. The van der Waals surface area contributed by atoms with Crippen molar-refractivity contribution in [2.45, 2.75) is 25.3 Å². The molecule has 1 atom stereocenters. The monoisotopic (exact) mass is 441 g/mol. The van der Waals surface area contributed by atoms with Crippen LogP contribution in [0, 0.1) is 5.82 Å². The first-order valence-electron chi connectivity index (χ1n) is 11.0. The summed E-state index contributed by atoms with van der Waals surface area (Å²) < 4.78 is 15.5. The Balaban J connectivity index is 1.38. The van der Waals surface area contributed by atoms with Crippen molar-refractivity contribution < 1.29 is 9.18 Å². The summed E-state index contributed by atoms with van der Waals surface area (Å²) in [6, 6.07) is 15.9. The Hall–Kier alpha value is -3.87. The Morgan fingerprint density at radius 3 is 2.85 bits per heavy atom. The van der Waals surface area contributed by atoms with Crippen LogP contribution in [0.25, 0.3) is 11.4 Å². The molecule has 0 unspecified atom stereocenters. The lowest BCUT2D eigenvalue weighted by molar-refractivity contribution is 0.0732. The number of aryl methyl sites for hydroxylation is 1. The molecule has 166 valence electrons. The Morgan fingerprint density at radius 1 is 1.15 bits per heavy atom. The van der Waals surface area contributed by atoms with E-state index in [1.165, 1.54) is 12.1 Å². The zero-order valence-electron chi connectivity index (χ0n) is 18.4. The molecular formula is C26H24FN5O. The summed E-state index contributed by atoms with van der Waals surface area (Å²) in [5.74, 6) is -0.311. The van der Waals surface area contributed by atoms with Gasteiger partial charge in [0.05, 0.1) is 35.6 Å². The van der Waals surface area contributed by atoms with Crippen LogP contribution in [0.2, 0.25) is 0 Å². The maximum atomic E-state index is 13.5. The number of rotatable bonds is 5. The van der Waals surface area contributed by atoms with E-state index >= 15 is 0 Å². The van der Waals surface area contributed by atoms with Crippen LogP contribution in [0.1, 0.15) is 46.2 Å². The van der Waals surface area contributed by atoms with Gasteiger partial charge in [-0.2, -0.15) is 0 Å². The molecule has 1 aromatic carbocycles. The lowest BCUT2D eigenvalue weighted by Crippen LogP contribution is -2.31. The molecule has 1 amide bonds. The Bertz CT molecular complexity index is 1300. The van der Waals surface area contributed by atoms with E-state index in [2.05, 4.69) is 9.97 Å². The Labute approximate surface area is 191 Å². The van der Waals surface area contributed by atoms with E-state index in [1.54, 1.807) is 30.9 Å². The van der Waals surface area contributed by atoms with Crippen LogP contribution in [0.3, 0.4) is 0 Å². The number of benzene rings is 1. The van der Waals surface area contributed by atoms with Crippen LogP contribution in [0.5, 0.6) is 0 Å². The molecular weight excluding hydrogens is 417 g/mol. The van der Waals surface area contributed by atoms with Crippen molar-refractivity contribution in [3.63, 3.8) is 0 Å². The number of imidazole rings is 1. The third-order valence-corrected chi connectivity index (χ3v) is 6.04. The van der Waals surface area contributed by atoms with Gasteiger partial charge in [0.1, 0.15) is 5.82 Å². The van der Waals surface area contributed by atoms with Gasteiger partial charge < -0.3 is 9.47 Å². The molecule has 6 nitrogen and oxygen atoms in total. The number of amides is 1. The average Bonchev–Trinajstić information content (AvgIpc) is 3.48. The van der Waals surface area contributed by atoms with Crippen LogP contribution in [0.15, 0.2) is 73.3 Å². The molecule has 0 bridgehead atoms. The number of likely N-dealkylation sites (tertiary alicyclic amines) is 1. The van der Waals surface area contributed by atoms with E-state index in [-0.39, 0.29) is 17.8 Å². The van der Waals surface area contributed by atoms with Crippen molar-refractivity contribution in [3.05, 3.63) is 102 Å². The zero-order chi connectivity index (χ0) is 22.8. The number of carbonyl (C=O) groups is 1. The maximum Gasteiger partial charge on any atom is 0.254 e. The summed E-state index contributed by atoms with van der Waals surface area (Å²) >= 11 is 0. The fourth-order valence-electron chi connectivity index (χ4n) is 4.43. The summed E-state index contributed by atoms with van der Waals surface area (Å²) in [6.45, 7) is 0.683. The van der Waals surface area contributed by atoms with Gasteiger partial charge in [0.15, 0.2) is 0 Å². The molecule has 0 saturated carbocycles. The van der Waals surface area contributed by atoms with E-state index in [0.717, 1.165) is 41.2 Å². The van der Waals surface area contributed by atoms with Crippen LogP contribution in [-0.2, 0) is 13.5 Å². The standard InChI is InChI=1S/C26H24FN5O/c1-31-17-28-16-25(31)23-8-3-7-22(30-23)24-9-4-12-32(24)26(33)19-10-11-29-21(15-19)14-18-5-2-6-20(27)13-18/h2-3,5-8,10-11,13,15-17,24H,4,9,12,14H2,1H3/t24-/m0/s1. The SMILES string of the molecule is Cn1cncc1-c1cccc([C@@H]2CCCN2C(=O)c2ccnc(Cc3cccc(F)c3)c2)n1. The highest BCUT2D eigenvalue weighted by Crippen LogP contribution is 2.33. The minimum atomic E-state index is -0.277. The molecule has 1 aliphatic heterocycles. The fraction of sp³-hybridized carbons (Fsp3) is 0.231. The molecule has 5 rings (SSSR count). The third-order valence-electron chi connectivity index (χ3n) is 6.04. The van der Waals surface area contributed by atoms with Gasteiger partial charge in [0, 0.05) is 37.5 Å². The number of hydrogen-bond donors (Lipinski definition) is 0. The van der Waals surface area contributed by atoms with Gasteiger partial charge >= 0.3 is 0 Å². The van der Waals surface area contributed by atoms with Gasteiger partial charge in [-0.1, -0.05) is 18.2 Å². The summed E-state index contributed by atoms with van der Waals surface area (Å²) in [4.78, 5) is 28.8. The van der Waals surface area contributed by atoms with Gasteiger partial charge in [0.25, 0.3) is 5.91 Å². The second-order valence-electron chi connectivity index (χ2n) is 8.34. The van der Waals surface area contributed by atoms with Crippen LogP contribution in [0.4, 0.5) is 4.39 Å². The smallest absolute Gasteiger partial charge is 0.254 e. The Morgan fingerprint density at radius 2 is 2.03 bits per heavy atom. The minimum absolute atomic E-state index is 0.0341. The number of aromatic nitrogens is 4. The molecule has 33 heavy (non-hydrogen) atoms. The topological polar surface area (TPSA) is 63.9 Å². The predicted molar refractivity (Wildman–Crippen MR) is 123 cm³/mol. The summed E-state index contributed by atoms with van der Waals surface area (Å²) in [5.41, 5.74) is 4.80. The molecule has 1 fully saturated rings. The highest BCUT2D eigenvalue weighted by molar-refractivity contribution is 5.94. The van der Waals surface area contributed by atoms with Gasteiger partial charge in [-0.05, 0) is 54.8 Å². The molecule has 0 spiro atoms. The van der Waals surface area contributed by atoms with E-state index in [9.17, 15) is 9.18 Å². The van der Waals surface area contributed by atoms with Crippen molar-refractivity contribution >= 4 is 5.91 Å². The lowest BCUT2D eigenvalue weighted by atomic mass is 10.1. The highest BCUT2D eigenvalue weighted by Gasteiger charge is 2.32. The van der Waals surface area contributed by atoms with E-state index in [1.807, 2.05) is 46.8 Å².